The van der Waals surface area contributed by atoms with Gasteiger partial charge >= 0.3 is 12.2 Å². The maximum Gasteiger partial charge on any atom is 0.573 e. The van der Waals surface area contributed by atoms with E-state index in [-0.39, 0.29) is 0 Å². The number of hydrogen-bond donors (Lipinski definition) is 0. The van der Waals surface area contributed by atoms with Crippen molar-refractivity contribution in [1.29, 1.82) is 5.26 Å². The largest absolute Gasteiger partial charge is 0.573 e. The summed E-state index contributed by atoms with van der Waals surface area (Å²) in [6.45, 7) is 0. The van der Waals surface area contributed by atoms with Gasteiger partial charge in [-0.05, 0) is 9.91 Å². The van der Waals surface area contributed by atoms with Gasteiger partial charge in [-0.2, -0.15) is 5.26 Å². The second-order valence-corrected chi connectivity index (χ2v) is 2.42. The summed E-state index contributed by atoms with van der Waals surface area (Å²) in [4.78, 5) is 12.5. The average Bonchev–Trinajstić information content (AvgIpc) is 2.14. The Morgan fingerprint density at radius 1 is 1.56 bits per heavy atom. The predicted molar refractivity (Wildman–Crippen MR) is 42.3 cm³/mol. The first kappa shape index (κ1) is 11.7. The van der Waals surface area contributed by atoms with Crippen molar-refractivity contribution in [3.05, 3.63) is 27.9 Å². The lowest BCUT2D eigenvalue weighted by Gasteiger charge is -2.08. The average molecular weight is 233 g/mol. The monoisotopic (exact) mass is 233 g/mol. The molecule has 0 atom stereocenters. The standard InChI is InChI=1S/C7H2F3N3O3/c8-7(9,10)16-5-1-2-12-6(13(14)15)4(5)3-11/h1-2H. The van der Waals surface area contributed by atoms with Crippen LogP contribution in [-0.2, 0) is 0 Å². The van der Waals surface area contributed by atoms with Crippen molar-refractivity contribution < 1.29 is 22.8 Å². The molecular formula is C7H2F3N3O3. The van der Waals surface area contributed by atoms with E-state index in [1.54, 1.807) is 0 Å². The molecule has 0 bridgehead atoms. The molecule has 0 aliphatic heterocycles. The minimum Gasteiger partial charge on any atom is -0.404 e. The molecule has 1 rings (SSSR count). The second kappa shape index (κ2) is 4.01. The van der Waals surface area contributed by atoms with Crippen molar-refractivity contribution in [2.24, 2.45) is 0 Å². The van der Waals surface area contributed by atoms with Gasteiger partial charge in [0.25, 0.3) is 0 Å². The zero-order chi connectivity index (χ0) is 12.3. The Labute approximate surface area is 86.0 Å². The maximum absolute atomic E-state index is 11.9. The van der Waals surface area contributed by atoms with Gasteiger partial charge in [0.1, 0.15) is 12.3 Å². The van der Waals surface area contributed by atoms with Crippen LogP contribution in [0.4, 0.5) is 19.0 Å². The predicted octanol–water partition coefficient (Wildman–Crippen LogP) is 1.76. The number of rotatable bonds is 2. The fourth-order valence-corrected chi connectivity index (χ4v) is 0.887. The number of ether oxygens (including phenoxy) is 1. The normalized spacial score (nSPS) is 10.6. The van der Waals surface area contributed by atoms with Crippen LogP contribution in [0.1, 0.15) is 5.56 Å². The highest BCUT2D eigenvalue weighted by atomic mass is 19.4. The van der Waals surface area contributed by atoms with Gasteiger partial charge in [0.05, 0.1) is 0 Å². The highest BCUT2D eigenvalue weighted by molar-refractivity contribution is 5.52. The maximum atomic E-state index is 11.9. The van der Waals surface area contributed by atoms with Gasteiger partial charge in [-0.3, -0.25) is 0 Å². The molecule has 0 unspecified atom stereocenters. The smallest absolute Gasteiger partial charge is 0.404 e. The Hall–Kier alpha value is -2.37. The number of hydrogen-bond acceptors (Lipinski definition) is 5. The van der Waals surface area contributed by atoms with E-state index >= 15 is 0 Å². The van der Waals surface area contributed by atoms with Crippen LogP contribution in [0.15, 0.2) is 12.3 Å². The number of nitrogens with zero attached hydrogens (tertiary/aromatic N) is 3. The molecule has 9 heteroatoms. The molecule has 0 radical (unpaired) electrons. The summed E-state index contributed by atoms with van der Waals surface area (Å²) < 4.78 is 39.1. The summed E-state index contributed by atoms with van der Waals surface area (Å²) in [5, 5.41) is 18.9. The SMILES string of the molecule is N#Cc1c(OC(F)(F)F)ccnc1[N+](=O)[O-]. The zero-order valence-corrected chi connectivity index (χ0v) is 7.35. The summed E-state index contributed by atoms with van der Waals surface area (Å²) in [7, 11) is 0. The zero-order valence-electron chi connectivity index (χ0n) is 7.35. The van der Waals surface area contributed by atoms with Crippen LogP contribution in [0.2, 0.25) is 0 Å². The first-order valence-electron chi connectivity index (χ1n) is 3.64. The fourth-order valence-electron chi connectivity index (χ4n) is 0.887. The molecule has 6 nitrogen and oxygen atoms in total. The van der Waals surface area contributed by atoms with Crippen molar-refractivity contribution in [2.75, 3.05) is 0 Å². The van der Waals surface area contributed by atoms with E-state index in [0.717, 1.165) is 12.3 Å². The van der Waals surface area contributed by atoms with E-state index in [0.29, 0.717) is 0 Å². The quantitative estimate of drug-likeness (QED) is 0.573. The van der Waals surface area contributed by atoms with Crippen molar-refractivity contribution in [3.8, 4) is 11.8 Å². The molecule has 0 saturated heterocycles. The van der Waals surface area contributed by atoms with E-state index < -0.39 is 28.4 Å². The summed E-state index contributed by atoms with van der Waals surface area (Å²) >= 11 is 0. The number of aromatic nitrogens is 1. The Balaban J connectivity index is 3.26. The fraction of sp³-hybridized carbons (Fsp3) is 0.143. The van der Waals surface area contributed by atoms with E-state index in [4.69, 9.17) is 5.26 Å². The molecule has 0 amide bonds. The third-order valence-electron chi connectivity index (χ3n) is 1.40. The topological polar surface area (TPSA) is 89.0 Å². The molecule has 0 saturated carbocycles. The lowest BCUT2D eigenvalue weighted by Crippen LogP contribution is -2.18. The number of pyridine rings is 1. The van der Waals surface area contributed by atoms with Gasteiger partial charge in [0.2, 0.25) is 0 Å². The number of halogens is 3. The lowest BCUT2D eigenvalue weighted by atomic mass is 10.2. The van der Waals surface area contributed by atoms with Crippen molar-refractivity contribution in [3.63, 3.8) is 0 Å². The number of alkyl halides is 3. The lowest BCUT2D eigenvalue weighted by molar-refractivity contribution is -0.390. The summed E-state index contributed by atoms with van der Waals surface area (Å²) in [6.07, 6.45) is -4.28. The summed E-state index contributed by atoms with van der Waals surface area (Å²) in [5.74, 6) is -1.93. The highest BCUT2D eigenvalue weighted by Gasteiger charge is 2.34. The molecule has 0 aromatic carbocycles. The molecule has 0 aliphatic carbocycles. The van der Waals surface area contributed by atoms with Gasteiger partial charge in [-0.1, -0.05) is 0 Å². The van der Waals surface area contributed by atoms with Gasteiger partial charge < -0.3 is 14.9 Å². The van der Waals surface area contributed by atoms with Gasteiger partial charge in [0.15, 0.2) is 11.3 Å². The molecule has 1 aromatic heterocycles. The highest BCUT2D eigenvalue weighted by Crippen LogP contribution is 2.29. The van der Waals surface area contributed by atoms with Crippen LogP contribution in [0.3, 0.4) is 0 Å². The van der Waals surface area contributed by atoms with E-state index in [2.05, 4.69) is 9.72 Å². The van der Waals surface area contributed by atoms with Crippen molar-refractivity contribution >= 4 is 5.82 Å². The Morgan fingerprint density at radius 3 is 2.62 bits per heavy atom. The van der Waals surface area contributed by atoms with E-state index in [9.17, 15) is 23.3 Å². The first-order valence-corrected chi connectivity index (χ1v) is 3.64. The van der Waals surface area contributed by atoms with Crippen LogP contribution in [0, 0.1) is 21.4 Å². The van der Waals surface area contributed by atoms with Crippen LogP contribution < -0.4 is 4.74 Å². The minimum atomic E-state index is -5.03. The molecular weight excluding hydrogens is 231 g/mol. The Morgan fingerprint density at radius 2 is 2.19 bits per heavy atom. The van der Waals surface area contributed by atoms with Crippen LogP contribution >= 0.6 is 0 Å². The van der Waals surface area contributed by atoms with Crippen LogP contribution in [-0.4, -0.2) is 16.3 Å². The molecule has 16 heavy (non-hydrogen) atoms. The van der Waals surface area contributed by atoms with Gasteiger partial charge in [-0.25, -0.2) is 0 Å². The Bertz CT molecular complexity index is 466. The van der Waals surface area contributed by atoms with Crippen LogP contribution in [0.5, 0.6) is 5.75 Å². The second-order valence-electron chi connectivity index (χ2n) is 2.42. The number of nitriles is 1. The molecule has 0 aliphatic rings. The summed E-state index contributed by atoms with van der Waals surface area (Å²) in [6, 6.07) is 1.96. The van der Waals surface area contributed by atoms with Crippen molar-refractivity contribution in [1.82, 2.24) is 4.98 Å². The van der Waals surface area contributed by atoms with Gasteiger partial charge in [-0.15, -0.1) is 13.2 Å². The third-order valence-corrected chi connectivity index (χ3v) is 1.40. The van der Waals surface area contributed by atoms with E-state index in [1.807, 2.05) is 0 Å². The van der Waals surface area contributed by atoms with E-state index in [1.165, 1.54) is 6.07 Å². The molecule has 1 heterocycles. The van der Waals surface area contributed by atoms with Gasteiger partial charge in [0, 0.05) is 6.07 Å². The molecule has 84 valence electrons. The van der Waals surface area contributed by atoms with Crippen molar-refractivity contribution in [2.45, 2.75) is 6.36 Å². The molecule has 0 spiro atoms. The molecule has 0 fully saturated rings. The summed E-state index contributed by atoms with van der Waals surface area (Å²) in [5.41, 5.74) is -0.871. The third kappa shape index (κ3) is 2.57. The van der Waals surface area contributed by atoms with Crippen LogP contribution in [0.25, 0.3) is 0 Å². The first-order chi connectivity index (χ1) is 7.35. The number of nitro groups is 1. The molecule has 0 N–H and O–H groups in total. The molecule has 1 aromatic rings. The minimum absolute atomic E-state index is 0.721. The Kier molecular flexibility index (Phi) is 2.94.